The van der Waals surface area contributed by atoms with Gasteiger partial charge in [0.25, 0.3) is 11.5 Å². The Morgan fingerprint density at radius 3 is 2.73 bits per heavy atom. The summed E-state index contributed by atoms with van der Waals surface area (Å²) in [5.74, 6) is -0.250. The summed E-state index contributed by atoms with van der Waals surface area (Å²) in [5, 5.41) is 8.70. The zero-order chi connectivity index (χ0) is 10.7. The van der Waals surface area contributed by atoms with E-state index in [-0.39, 0.29) is 23.2 Å². The van der Waals surface area contributed by atoms with E-state index in [1.807, 2.05) is 12.2 Å². The molecule has 0 atom stereocenters. The van der Waals surface area contributed by atoms with Gasteiger partial charge in [0.2, 0.25) is 0 Å². The number of hydrogen-bond acceptors (Lipinski definition) is 3. The molecule has 0 saturated heterocycles. The minimum atomic E-state index is -0.311. The first kappa shape index (κ1) is 9.64. The Hall–Kier alpha value is -1.91. The molecule has 0 aromatic carbocycles. The van der Waals surface area contributed by atoms with E-state index in [0.29, 0.717) is 0 Å². The summed E-state index contributed by atoms with van der Waals surface area (Å²) < 4.78 is 0. The molecule has 0 radical (unpaired) electrons. The standard InChI is InChI=1S/C10H11N3O2/c14-9-6-5-8(12-13-9)10(15)11-7-3-1-2-4-7/h1-2,5-7H,3-4H2,(H,11,15)(H,13,14). The first-order valence-corrected chi connectivity index (χ1v) is 4.77. The van der Waals surface area contributed by atoms with Crippen molar-refractivity contribution in [3.8, 4) is 0 Å². The van der Waals surface area contributed by atoms with Gasteiger partial charge < -0.3 is 5.32 Å². The molecule has 2 rings (SSSR count). The van der Waals surface area contributed by atoms with Gasteiger partial charge >= 0.3 is 0 Å². The van der Waals surface area contributed by atoms with Gasteiger partial charge in [0, 0.05) is 12.1 Å². The van der Waals surface area contributed by atoms with Crippen molar-refractivity contribution in [2.75, 3.05) is 0 Å². The van der Waals surface area contributed by atoms with Crippen molar-refractivity contribution in [1.82, 2.24) is 15.5 Å². The van der Waals surface area contributed by atoms with Crippen LogP contribution in [-0.2, 0) is 0 Å². The summed E-state index contributed by atoms with van der Waals surface area (Å²) in [7, 11) is 0. The van der Waals surface area contributed by atoms with Crippen molar-refractivity contribution < 1.29 is 4.79 Å². The van der Waals surface area contributed by atoms with Gasteiger partial charge in [0.15, 0.2) is 0 Å². The van der Waals surface area contributed by atoms with Crippen LogP contribution in [0.1, 0.15) is 23.3 Å². The fraction of sp³-hybridized carbons (Fsp3) is 0.300. The number of H-pyrrole nitrogens is 1. The van der Waals surface area contributed by atoms with Crippen LogP contribution in [-0.4, -0.2) is 22.1 Å². The first-order valence-electron chi connectivity index (χ1n) is 4.77. The number of nitrogens with one attached hydrogen (secondary N) is 2. The van der Waals surface area contributed by atoms with Crippen LogP contribution in [0.4, 0.5) is 0 Å². The molecule has 1 amide bonds. The molecule has 0 aliphatic heterocycles. The highest BCUT2D eigenvalue weighted by Gasteiger charge is 2.15. The number of hydrogen-bond donors (Lipinski definition) is 2. The van der Waals surface area contributed by atoms with Crippen molar-refractivity contribution in [3.05, 3.63) is 40.3 Å². The average Bonchev–Trinajstić information content (AvgIpc) is 2.71. The molecule has 1 aliphatic carbocycles. The van der Waals surface area contributed by atoms with E-state index in [1.165, 1.54) is 12.1 Å². The summed E-state index contributed by atoms with van der Waals surface area (Å²) in [4.78, 5) is 22.3. The highest BCUT2D eigenvalue weighted by Crippen LogP contribution is 2.09. The minimum Gasteiger partial charge on any atom is -0.347 e. The third-order valence-electron chi connectivity index (χ3n) is 2.25. The lowest BCUT2D eigenvalue weighted by Gasteiger charge is -2.10. The monoisotopic (exact) mass is 205 g/mol. The Kier molecular flexibility index (Phi) is 2.62. The van der Waals surface area contributed by atoms with E-state index in [0.717, 1.165) is 12.8 Å². The van der Waals surface area contributed by atoms with Crippen LogP contribution >= 0.6 is 0 Å². The average molecular weight is 205 g/mol. The number of aromatic nitrogens is 2. The second kappa shape index (κ2) is 4.08. The number of rotatable bonds is 2. The lowest BCUT2D eigenvalue weighted by molar-refractivity contribution is 0.0933. The van der Waals surface area contributed by atoms with E-state index in [4.69, 9.17) is 0 Å². The van der Waals surface area contributed by atoms with Crippen LogP contribution in [0.15, 0.2) is 29.1 Å². The molecule has 15 heavy (non-hydrogen) atoms. The van der Waals surface area contributed by atoms with Gasteiger partial charge in [-0.05, 0) is 18.9 Å². The first-order chi connectivity index (χ1) is 7.25. The van der Waals surface area contributed by atoms with Gasteiger partial charge in [-0.1, -0.05) is 12.2 Å². The molecular weight excluding hydrogens is 194 g/mol. The maximum Gasteiger partial charge on any atom is 0.271 e. The molecule has 1 aromatic heterocycles. The Balaban J connectivity index is 2.01. The SMILES string of the molecule is O=C(NC1CC=CC1)c1ccc(=O)[nH]n1. The zero-order valence-electron chi connectivity index (χ0n) is 8.06. The van der Waals surface area contributed by atoms with Crippen LogP contribution in [0.5, 0.6) is 0 Å². The summed E-state index contributed by atoms with van der Waals surface area (Å²) >= 11 is 0. The normalized spacial score (nSPS) is 15.5. The predicted octanol–water partition coefficient (Wildman–Crippen LogP) is 0.218. The van der Waals surface area contributed by atoms with Crippen molar-refractivity contribution in [2.24, 2.45) is 0 Å². The maximum atomic E-state index is 11.6. The third kappa shape index (κ3) is 2.31. The molecule has 0 unspecified atom stereocenters. The maximum absolute atomic E-state index is 11.6. The summed E-state index contributed by atoms with van der Waals surface area (Å²) in [6, 6.07) is 2.86. The van der Waals surface area contributed by atoms with Gasteiger partial charge in [0.05, 0.1) is 0 Å². The highest BCUT2D eigenvalue weighted by molar-refractivity contribution is 5.92. The van der Waals surface area contributed by atoms with Crippen LogP contribution in [0.3, 0.4) is 0 Å². The van der Waals surface area contributed by atoms with Gasteiger partial charge in [0.1, 0.15) is 5.69 Å². The number of carbonyl (C=O) groups excluding carboxylic acids is 1. The topological polar surface area (TPSA) is 74.8 Å². The third-order valence-corrected chi connectivity index (χ3v) is 2.25. The fourth-order valence-corrected chi connectivity index (χ4v) is 1.47. The smallest absolute Gasteiger partial charge is 0.271 e. The molecule has 5 nitrogen and oxygen atoms in total. The molecule has 5 heteroatoms. The molecule has 1 heterocycles. The number of carbonyl (C=O) groups is 1. The number of aromatic amines is 1. The molecule has 0 fully saturated rings. The molecule has 0 saturated carbocycles. The molecule has 78 valence electrons. The molecule has 0 bridgehead atoms. The van der Waals surface area contributed by atoms with Gasteiger partial charge in [-0.2, -0.15) is 5.10 Å². The van der Waals surface area contributed by atoms with E-state index in [9.17, 15) is 9.59 Å². The van der Waals surface area contributed by atoms with E-state index < -0.39 is 0 Å². The lowest BCUT2D eigenvalue weighted by atomic mass is 10.2. The Labute approximate surface area is 86.2 Å². The number of amides is 1. The van der Waals surface area contributed by atoms with Gasteiger partial charge in [-0.3, -0.25) is 9.59 Å². The second-order valence-electron chi connectivity index (χ2n) is 3.42. The van der Waals surface area contributed by atoms with E-state index in [1.54, 1.807) is 0 Å². The van der Waals surface area contributed by atoms with Crippen molar-refractivity contribution >= 4 is 5.91 Å². The molecular formula is C10H11N3O2. The Morgan fingerprint density at radius 2 is 2.13 bits per heavy atom. The second-order valence-corrected chi connectivity index (χ2v) is 3.42. The molecule has 1 aliphatic rings. The van der Waals surface area contributed by atoms with Crippen molar-refractivity contribution in [3.63, 3.8) is 0 Å². The number of nitrogens with zero attached hydrogens (tertiary/aromatic N) is 1. The van der Waals surface area contributed by atoms with Crippen molar-refractivity contribution in [1.29, 1.82) is 0 Å². The molecule has 1 aromatic rings. The van der Waals surface area contributed by atoms with Crippen LogP contribution in [0.25, 0.3) is 0 Å². The molecule has 2 N–H and O–H groups in total. The largest absolute Gasteiger partial charge is 0.347 e. The summed E-state index contributed by atoms with van der Waals surface area (Å²) in [6.45, 7) is 0. The van der Waals surface area contributed by atoms with Crippen LogP contribution < -0.4 is 10.9 Å². The summed E-state index contributed by atoms with van der Waals surface area (Å²) in [5.41, 5.74) is -0.0735. The van der Waals surface area contributed by atoms with E-state index >= 15 is 0 Å². The minimum absolute atomic E-state index is 0.159. The van der Waals surface area contributed by atoms with Gasteiger partial charge in [-0.25, -0.2) is 5.10 Å². The van der Waals surface area contributed by atoms with Gasteiger partial charge in [-0.15, -0.1) is 0 Å². The van der Waals surface area contributed by atoms with Crippen LogP contribution in [0, 0.1) is 0 Å². The van der Waals surface area contributed by atoms with Crippen LogP contribution in [0.2, 0.25) is 0 Å². The van der Waals surface area contributed by atoms with E-state index in [2.05, 4.69) is 15.5 Å². The Morgan fingerprint density at radius 1 is 1.40 bits per heavy atom. The Bertz CT molecular complexity index is 422. The lowest BCUT2D eigenvalue weighted by Crippen LogP contribution is -2.33. The highest BCUT2D eigenvalue weighted by atomic mass is 16.2. The van der Waals surface area contributed by atoms with Crippen molar-refractivity contribution in [2.45, 2.75) is 18.9 Å². The summed E-state index contributed by atoms with van der Waals surface area (Å²) in [6.07, 6.45) is 5.78. The fourth-order valence-electron chi connectivity index (χ4n) is 1.47. The molecule has 0 spiro atoms. The predicted molar refractivity (Wildman–Crippen MR) is 54.5 cm³/mol. The quantitative estimate of drug-likeness (QED) is 0.678. The zero-order valence-corrected chi connectivity index (χ0v) is 8.06.